The summed E-state index contributed by atoms with van der Waals surface area (Å²) in [7, 11) is 0. The molecule has 0 aliphatic rings. The average Bonchev–Trinajstić information content (AvgIpc) is 2.05. The molecule has 0 aromatic heterocycles. The molecular formula is C11H15F2NO. The third-order valence-corrected chi connectivity index (χ3v) is 2.01. The highest BCUT2D eigenvalue weighted by Crippen LogP contribution is 2.27. The second kappa shape index (κ2) is 4.14. The first kappa shape index (κ1) is 11.9. The van der Waals surface area contributed by atoms with Crippen molar-refractivity contribution in [1.82, 2.24) is 0 Å². The van der Waals surface area contributed by atoms with Gasteiger partial charge in [0.15, 0.2) is 0 Å². The number of aromatic hydroxyl groups is 1. The lowest BCUT2D eigenvalue weighted by Gasteiger charge is -2.19. The molecule has 0 aliphatic carbocycles. The van der Waals surface area contributed by atoms with Crippen LogP contribution in [-0.4, -0.2) is 10.6 Å². The molecule has 15 heavy (non-hydrogen) atoms. The van der Waals surface area contributed by atoms with Crippen molar-refractivity contribution in [2.24, 2.45) is 5.73 Å². The quantitative estimate of drug-likeness (QED) is 0.814. The number of hydrogen-bond acceptors (Lipinski definition) is 2. The molecule has 1 aromatic carbocycles. The van der Waals surface area contributed by atoms with Gasteiger partial charge in [0.05, 0.1) is 0 Å². The molecular weight excluding hydrogens is 200 g/mol. The summed E-state index contributed by atoms with van der Waals surface area (Å²) in [6.45, 7) is 3.63. The molecule has 0 aliphatic heterocycles. The zero-order valence-corrected chi connectivity index (χ0v) is 8.80. The van der Waals surface area contributed by atoms with Crippen LogP contribution in [0.25, 0.3) is 0 Å². The van der Waals surface area contributed by atoms with E-state index in [1.54, 1.807) is 0 Å². The summed E-state index contributed by atoms with van der Waals surface area (Å²) in [5, 5.41) is 9.51. The summed E-state index contributed by atoms with van der Waals surface area (Å²) in [6.07, 6.45) is -2.11. The fourth-order valence-corrected chi connectivity index (χ4v) is 1.36. The highest BCUT2D eigenvalue weighted by molar-refractivity contribution is 5.37. The summed E-state index contributed by atoms with van der Waals surface area (Å²) in [5.41, 5.74) is 5.72. The lowest BCUT2D eigenvalue weighted by Crippen LogP contribution is -2.34. The van der Waals surface area contributed by atoms with Crippen molar-refractivity contribution in [3.05, 3.63) is 29.3 Å². The van der Waals surface area contributed by atoms with Crippen LogP contribution in [0.5, 0.6) is 5.75 Å². The van der Waals surface area contributed by atoms with Gasteiger partial charge in [0.1, 0.15) is 5.75 Å². The predicted molar refractivity (Wildman–Crippen MR) is 55.0 cm³/mol. The number of halogens is 2. The number of nitrogens with two attached hydrogens (primary N) is 1. The van der Waals surface area contributed by atoms with Crippen molar-refractivity contribution in [2.75, 3.05) is 0 Å². The van der Waals surface area contributed by atoms with Crippen molar-refractivity contribution in [2.45, 2.75) is 32.2 Å². The van der Waals surface area contributed by atoms with Gasteiger partial charge < -0.3 is 10.8 Å². The fourth-order valence-electron chi connectivity index (χ4n) is 1.36. The average molecular weight is 215 g/mol. The van der Waals surface area contributed by atoms with Gasteiger partial charge in [-0.05, 0) is 31.9 Å². The molecule has 0 fully saturated rings. The van der Waals surface area contributed by atoms with Gasteiger partial charge in [-0.3, -0.25) is 0 Å². The predicted octanol–water partition coefficient (Wildman–Crippen LogP) is 2.61. The van der Waals surface area contributed by atoms with Crippen molar-refractivity contribution in [1.29, 1.82) is 0 Å². The molecule has 84 valence electrons. The van der Waals surface area contributed by atoms with Gasteiger partial charge in [-0.1, -0.05) is 12.1 Å². The van der Waals surface area contributed by atoms with Gasteiger partial charge >= 0.3 is 0 Å². The minimum atomic E-state index is -2.56. The van der Waals surface area contributed by atoms with Gasteiger partial charge in [0, 0.05) is 11.1 Å². The van der Waals surface area contributed by atoms with Gasteiger partial charge in [-0.15, -0.1) is 0 Å². The number of alkyl halides is 2. The van der Waals surface area contributed by atoms with E-state index in [1.165, 1.54) is 12.1 Å². The second-order valence-corrected chi connectivity index (χ2v) is 4.35. The van der Waals surface area contributed by atoms with Crippen molar-refractivity contribution in [3.63, 3.8) is 0 Å². The third kappa shape index (κ3) is 3.47. The smallest absolute Gasteiger partial charge is 0.263 e. The van der Waals surface area contributed by atoms with Crippen molar-refractivity contribution in [3.8, 4) is 5.75 Å². The van der Waals surface area contributed by atoms with Gasteiger partial charge in [0.2, 0.25) is 0 Å². The monoisotopic (exact) mass is 215 g/mol. The normalized spacial score (nSPS) is 12.1. The molecule has 4 heteroatoms. The van der Waals surface area contributed by atoms with Crippen molar-refractivity contribution < 1.29 is 13.9 Å². The Labute approximate surface area is 87.7 Å². The second-order valence-electron chi connectivity index (χ2n) is 4.35. The van der Waals surface area contributed by atoms with E-state index >= 15 is 0 Å². The molecule has 1 aromatic rings. The molecule has 0 bridgehead atoms. The van der Waals surface area contributed by atoms with Crippen LogP contribution < -0.4 is 5.73 Å². The Hall–Kier alpha value is -1.16. The first-order chi connectivity index (χ1) is 6.79. The maximum Gasteiger partial charge on any atom is 0.263 e. The molecule has 0 spiro atoms. The third-order valence-electron chi connectivity index (χ3n) is 2.01. The van der Waals surface area contributed by atoms with Crippen LogP contribution >= 0.6 is 0 Å². The Morgan fingerprint density at radius 2 is 2.00 bits per heavy atom. The van der Waals surface area contributed by atoms with E-state index in [4.69, 9.17) is 5.73 Å². The molecule has 0 amide bonds. The summed E-state index contributed by atoms with van der Waals surface area (Å²) < 4.78 is 24.6. The molecule has 0 heterocycles. The van der Waals surface area contributed by atoms with E-state index in [-0.39, 0.29) is 11.3 Å². The first-order valence-corrected chi connectivity index (χ1v) is 4.68. The largest absolute Gasteiger partial charge is 0.508 e. The summed E-state index contributed by atoms with van der Waals surface area (Å²) in [5.74, 6) is -0.119. The number of hydrogen-bond donors (Lipinski definition) is 2. The molecule has 0 unspecified atom stereocenters. The highest BCUT2D eigenvalue weighted by Gasteiger charge is 2.16. The Morgan fingerprint density at radius 3 is 2.40 bits per heavy atom. The molecule has 0 saturated heterocycles. The minimum Gasteiger partial charge on any atom is -0.508 e. The Balaban J connectivity index is 2.94. The topological polar surface area (TPSA) is 46.2 Å². The summed E-state index contributed by atoms with van der Waals surface area (Å²) >= 11 is 0. The summed E-state index contributed by atoms with van der Waals surface area (Å²) in [6, 6.07) is 3.89. The van der Waals surface area contributed by atoms with Crippen LogP contribution in [0.15, 0.2) is 18.2 Å². The van der Waals surface area contributed by atoms with E-state index in [9.17, 15) is 13.9 Å². The Bertz CT molecular complexity index is 345. The van der Waals surface area contributed by atoms with Crippen LogP contribution in [0.1, 0.15) is 31.4 Å². The standard InChI is InChI=1S/C11H15F2NO/c1-11(2,14)6-8-4-3-7(10(12)13)5-9(8)15/h3-5,10,15H,6,14H2,1-2H3. The van der Waals surface area contributed by atoms with Crippen LogP contribution in [0.4, 0.5) is 8.78 Å². The Kier molecular flexibility index (Phi) is 3.29. The SMILES string of the molecule is CC(C)(N)Cc1ccc(C(F)F)cc1O. The van der Waals surface area contributed by atoms with E-state index in [0.29, 0.717) is 12.0 Å². The number of benzene rings is 1. The van der Waals surface area contributed by atoms with Crippen LogP contribution in [0.2, 0.25) is 0 Å². The highest BCUT2D eigenvalue weighted by atomic mass is 19.3. The molecule has 1 rings (SSSR count). The number of phenols is 1. The molecule has 2 nitrogen and oxygen atoms in total. The van der Waals surface area contributed by atoms with E-state index in [2.05, 4.69) is 0 Å². The van der Waals surface area contributed by atoms with E-state index in [1.807, 2.05) is 13.8 Å². The van der Waals surface area contributed by atoms with Crippen molar-refractivity contribution >= 4 is 0 Å². The lowest BCUT2D eigenvalue weighted by atomic mass is 9.95. The van der Waals surface area contributed by atoms with Crippen LogP contribution in [-0.2, 0) is 6.42 Å². The van der Waals surface area contributed by atoms with Gasteiger partial charge in [-0.25, -0.2) is 8.78 Å². The molecule has 3 N–H and O–H groups in total. The van der Waals surface area contributed by atoms with Gasteiger partial charge in [0.25, 0.3) is 6.43 Å². The zero-order valence-electron chi connectivity index (χ0n) is 8.80. The lowest BCUT2D eigenvalue weighted by molar-refractivity contribution is 0.151. The maximum absolute atomic E-state index is 12.3. The van der Waals surface area contributed by atoms with Gasteiger partial charge in [-0.2, -0.15) is 0 Å². The zero-order chi connectivity index (χ0) is 11.6. The molecule has 0 radical (unpaired) electrons. The van der Waals surface area contributed by atoms with E-state index in [0.717, 1.165) is 6.07 Å². The molecule has 0 atom stereocenters. The number of phenolic OH excluding ortho intramolecular Hbond substituents is 1. The maximum atomic E-state index is 12.3. The van der Waals surface area contributed by atoms with E-state index < -0.39 is 12.0 Å². The first-order valence-electron chi connectivity index (χ1n) is 4.68. The Morgan fingerprint density at radius 1 is 1.40 bits per heavy atom. The van der Waals surface area contributed by atoms with Crippen LogP contribution in [0.3, 0.4) is 0 Å². The minimum absolute atomic E-state index is 0.119. The summed E-state index contributed by atoms with van der Waals surface area (Å²) in [4.78, 5) is 0. The van der Waals surface area contributed by atoms with Crippen LogP contribution in [0, 0.1) is 0 Å². The fraction of sp³-hybridized carbons (Fsp3) is 0.455. The molecule has 0 saturated carbocycles. The number of rotatable bonds is 3.